The van der Waals surface area contributed by atoms with E-state index in [4.69, 9.17) is 0 Å². The van der Waals surface area contributed by atoms with E-state index in [1.807, 2.05) is 0 Å². The first-order chi connectivity index (χ1) is 5.63. The molecule has 0 spiro atoms. The Hall–Kier alpha value is 0. The number of hydrogen-bond donors (Lipinski definition) is 0. The maximum absolute atomic E-state index is 2.41. The average Bonchev–Trinajstić information content (AvgIpc) is 2.05. The van der Waals surface area contributed by atoms with E-state index in [1.165, 1.54) is 25.7 Å². The third-order valence-electron chi connectivity index (χ3n) is 3.25. The van der Waals surface area contributed by atoms with Crippen LogP contribution >= 0.6 is 0 Å². The van der Waals surface area contributed by atoms with Crippen molar-refractivity contribution in [2.45, 2.75) is 60.3 Å². The maximum Gasteiger partial charge on any atom is -0.0389 e. The van der Waals surface area contributed by atoms with E-state index in [0.717, 1.165) is 17.8 Å². The van der Waals surface area contributed by atoms with E-state index in [1.54, 1.807) is 0 Å². The molecular weight excluding hydrogens is 144 g/mol. The Labute approximate surface area is 78.8 Å². The van der Waals surface area contributed by atoms with Crippen molar-refractivity contribution in [3.05, 3.63) is 0 Å². The zero-order chi connectivity index (χ0) is 9.56. The molecule has 0 saturated carbocycles. The van der Waals surface area contributed by atoms with Crippen LogP contribution in [-0.2, 0) is 0 Å². The summed E-state index contributed by atoms with van der Waals surface area (Å²) in [6, 6.07) is 0. The fourth-order valence-electron chi connectivity index (χ4n) is 1.85. The van der Waals surface area contributed by atoms with Gasteiger partial charge in [0.1, 0.15) is 0 Å². The molecule has 0 aromatic carbocycles. The van der Waals surface area contributed by atoms with E-state index in [9.17, 15) is 0 Å². The van der Waals surface area contributed by atoms with Gasteiger partial charge in [0.15, 0.2) is 0 Å². The summed E-state index contributed by atoms with van der Waals surface area (Å²) in [7, 11) is 0. The van der Waals surface area contributed by atoms with Crippen LogP contribution in [0.3, 0.4) is 0 Å². The smallest absolute Gasteiger partial charge is 0.0389 e. The zero-order valence-electron chi connectivity index (χ0n) is 9.56. The topological polar surface area (TPSA) is 0 Å². The van der Waals surface area contributed by atoms with Gasteiger partial charge in [-0.15, -0.1) is 0 Å². The Morgan fingerprint density at radius 3 is 1.92 bits per heavy atom. The lowest BCUT2D eigenvalue weighted by molar-refractivity contribution is 0.250. The van der Waals surface area contributed by atoms with E-state index in [2.05, 4.69) is 34.6 Å². The molecule has 0 amide bonds. The summed E-state index contributed by atoms with van der Waals surface area (Å²) >= 11 is 0. The van der Waals surface area contributed by atoms with Gasteiger partial charge in [-0.05, 0) is 17.8 Å². The Balaban J connectivity index is 3.79. The maximum atomic E-state index is 2.41. The highest BCUT2D eigenvalue weighted by Gasteiger charge is 2.17. The average molecular weight is 170 g/mol. The first kappa shape index (κ1) is 12.0. The van der Waals surface area contributed by atoms with Crippen LogP contribution in [0.2, 0.25) is 0 Å². The first-order valence-corrected chi connectivity index (χ1v) is 5.63. The lowest BCUT2D eigenvalue weighted by atomic mass is 9.80. The third-order valence-corrected chi connectivity index (χ3v) is 3.25. The molecule has 2 atom stereocenters. The lowest BCUT2D eigenvalue weighted by Crippen LogP contribution is -2.16. The van der Waals surface area contributed by atoms with Crippen molar-refractivity contribution in [2.75, 3.05) is 0 Å². The predicted octanol–water partition coefficient (Wildman–Crippen LogP) is 4.49. The second-order valence-electron chi connectivity index (χ2n) is 4.41. The zero-order valence-corrected chi connectivity index (χ0v) is 9.56. The molecule has 0 N–H and O–H groups in total. The minimum absolute atomic E-state index is 0.854. The molecule has 0 aliphatic heterocycles. The molecular formula is C12H26. The van der Waals surface area contributed by atoms with Gasteiger partial charge in [-0.1, -0.05) is 60.3 Å². The summed E-state index contributed by atoms with van der Waals surface area (Å²) in [4.78, 5) is 0. The van der Waals surface area contributed by atoms with Gasteiger partial charge in [0, 0.05) is 0 Å². The molecule has 0 fully saturated rings. The van der Waals surface area contributed by atoms with Crippen LogP contribution in [-0.4, -0.2) is 0 Å². The highest BCUT2D eigenvalue weighted by atomic mass is 14.2. The van der Waals surface area contributed by atoms with Crippen molar-refractivity contribution in [2.24, 2.45) is 17.8 Å². The fraction of sp³-hybridized carbons (Fsp3) is 1.00. The highest BCUT2D eigenvalue weighted by molar-refractivity contribution is 4.67. The first-order valence-electron chi connectivity index (χ1n) is 5.63. The standard InChI is InChI=1S/C12H26/c1-6-8-9-12(7-2)11(5)10(3)4/h10-12H,6-9H2,1-5H3. The van der Waals surface area contributed by atoms with Crippen LogP contribution < -0.4 is 0 Å². The van der Waals surface area contributed by atoms with Crippen molar-refractivity contribution in [1.29, 1.82) is 0 Å². The van der Waals surface area contributed by atoms with Gasteiger partial charge in [0.25, 0.3) is 0 Å². The van der Waals surface area contributed by atoms with E-state index in [0.29, 0.717) is 0 Å². The lowest BCUT2D eigenvalue weighted by Gasteiger charge is -2.25. The molecule has 0 heterocycles. The van der Waals surface area contributed by atoms with Gasteiger partial charge in [0.2, 0.25) is 0 Å². The fourth-order valence-corrected chi connectivity index (χ4v) is 1.85. The van der Waals surface area contributed by atoms with Crippen LogP contribution in [0, 0.1) is 17.8 Å². The number of unbranched alkanes of at least 4 members (excludes halogenated alkanes) is 1. The van der Waals surface area contributed by atoms with Crippen molar-refractivity contribution in [1.82, 2.24) is 0 Å². The van der Waals surface area contributed by atoms with Crippen LogP contribution in [0.15, 0.2) is 0 Å². The molecule has 0 aliphatic rings. The molecule has 0 bridgehead atoms. The van der Waals surface area contributed by atoms with Crippen molar-refractivity contribution >= 4 is 0 Å². The van der Waals surface area contributed by atoms with Crippen LogP contribution in [0.25, 0.3) is 0 Å². The minimum atomic E-state index is 0.854. The van der Waals surface area contributed by atoms with E-state index < -0.39 is 0 Å². The second-order valence-corrected chi connectivity index (χ2v) is 4.41. The molecule has 0 aromatic heterocycles. The summed E-state index contributed by atoms with van der Waals surface area (Å²) in [5, 5.41) is 0. The summed E-state index contributed by atoms with van der Waals surface area (Å²) < 4.78 is 0. The van der Waals surface area contributed by atoms with Gasteiger partial charge in [-0.3, -0.25) is 0 Å². The normalized spacial score (nSPS) is 16.5. The van der Waals surface area contributed by atoms with Crippen LogP contribution in [0.5, 0.6) is 0 Å². The Bertz CT molecular complexity index is 94.2. The minimum Gasteiger partial charge on any atom is -0.0654 e. The highest BCUT2D eigenvalue weighted by Crippen LogP contribution is 2.27. The number of rotatable bonds is 6. The van der Waals surface area contributed by atoms with Gasteiger partial charge in [0.05, 0.1) is 0 Å². The molecule has 74 valence electrons. The van der Waals surface area contributed by atoms with E-state index in [-0.39, 0.29) is 0 Å². The summed E-state index contributed by atoms with van der Waals surface area (Å²) in [6.45, 7) is 11.7. The summed E-state index contributed by atoms with van der Waals surface area (Å²) in [5.74, 6) is 2.72. The van der Waals surface area contributed by atoms with Crippen molar-refractivity contribution in [3.8, 4) is 0 Å². The second kappa shape index (κ2) is 6.51. The van der Waals surface area contributed by atoms with Crippen LogP contribution in [0.1, 0.15) is 60.3 Å². The van der Waals surface area contributed by atoms with Gasteiger partial charge < -0.3 is 0 Å². The van der Waals surface area contributed by atoms with E-state index >= 15 is 0 Å². The Kier molecular flexibility index (Phi) is 6.51. The predicted molar refractivity (Wildman–Crippen MR) is 57.3 cm³/mol. The molecule has 0 radical (unpaired) electrons. The third kappa shape index (κ3) is 4.13. The molecule has 0 aliphatic carbocycles. The molecule has 2 unspecified atom stereocenters. The van der Waals surface area contributed by atoms with Gasteiger partial charge in [-0.2, -0.15) is 0 Å². The SMILES string of the molecule is CCCCC(CC)C(C)C(C)C. The van der Waals surface area contributed by atoms with Crippen molar-refractivity contribution in [3.63, 3.8) is 0 Å². The Morgan fingerprint density at radius 2 is 1.58 bits per heavy atom. The van der Waals surface area contributed by atoms with Crippen LogP contribution in [0.4, 0.5) is 0 Å². The molecule has 0 rings (SSSR count). The molecule has 0 nitrogen and oxygen atoms in total. The Morgan fingerprint density at radius 1 is 1.00 bits per heavy atom. The van der Waals surface area contributed by atoms with Gasteiger partial charge in [-0.25, -0.2) is 0 Å². The van der Waals surface area contributed by atoms with Crippen molar-refractivity contribution < 1.29 is 0 Å². The molecule has 0 saturated heterocycles. The number of hydrogen-bond acceptors (Lipinski definition) is 0. The molecule has 12 heavy (non-hydrogen) atoms. The quantitative estimate of drug-likeness (QED) is 0.551. The summed E-state index contributed by atoms with van der Waals surface area (Å²) in [5.41, 5.74) is 0. The molecule has 0 heteroatoms. The molecule has 0 aromatic rings. The van der Waals surface area contributed by atoms with Gasteiger partial charge >= 0.3 is 0 Å². The monoisotopic (exact) mass is 170 g/mol. The largest absolute Gasteiger partial charge is 0.0654 e. The summed E-state index contributed by atoms with van der Waals surface area (Å²) in [6.07, 6.45) is 5.56.